The van der Waals surface area contributed by atoms with E-state index in [1.165, 1.54) is 34.0 Å². The van der Waals surface area contributed by atoms with Gasteiger partial charge in [-0.05, 0) is 46.1 Å². The number of esters is 3. The summed E-state index contributed by atoms with van der Waals surface area (Å²) in [6.45, 7) is 4.30. The number of hydrogen-bond acceptors (Lipinski definition) is 8. The van der Waals surface area contributed by atoms with Crippen LogP contribution in [0.5, 0.6) is 0 Å². The number of rotatable bonds is 12. The minimum atomic E-state index is -0.986. The number of ether oxygens (including phenoxy) is 4. The summed E-state index contributed by atoms with van der Waals surface area (Å²) in [6.07, 6.45) is 2.16. The van der Waals surface area contributed by atoms with Crippen LogP contribution in [0.15, 0.2) is 11.6 Å². The highest BCUT2D eigenvalue weighted by atomic mass is 16.7. The van der Waals surface area contributed by atoms with Crippen molar-refractivity contribution < 1.29 is 38.1 Å². The fourth-order valence-electron chi connectivity index (χ4n) is 1.73. The minimum Gasteiger partial charge on any atom is -0.462 e. The molecular formula is C17H26O8. The van der Waals surface area contributed by atoms with Crippen molar-refractivity contribution in [1.82, 2.24) is 0 Å². The van der Waals surface area contributed by atoms with Crippen molar-refractivity contribution in [2.45, 2.75) is 52.6 Å². The zero-order valence-corrected chi connectivity index (χ0v) is 15.2. The van der Waals surface area contributed by atoms with E-state index in [4.69, 9.17) is 9.47 Å². The molecule has 0 fully saturated rings. The van der Waals surface area contributed by atoms with E-state index >= 15 is 0 Å². The van der Waals surface area contributed by atoms with E-state index in [-0.39, 0.29) is 31.2 Å². The monoisotopic (exact) mass is 358 g/mol. The van der Waals surface area contributed by atoms with Gasteiger partial charge in [-0.1, -0.05) is 0 Å². The number of ketones is 1. The minimum absolute atomic E-state index is 0.152. The van der Waals surface area contributed by atoms with Crippen LogP contribution in [-0.2, 0) is 38.1 Å². The molecule has 0 amide bonds. The molecule has 25 heavy (non-hydrogen) atoms. The third kappa shape index (κ3) is 11.9. The van der Waals surface area contributed by atoms with Gasteiger partial charge in [-0.3, -0.25) is 9.59 Å². The third-order valence-electron chi connectivity index (χ3n) is 2.96. The molecule has 0 aliphatic rings. The highest BCUT2D eigenvalue weighted by molar-refractivity contribution is 5.97. The van der Waals surface area contributed by atoms with Gasteiger partial charge in [0.05, 0.1) is 6.61 Å². The fraction of sp³-hybridized carbons (Fsp3) is 0.647. The maximum atomic E-state index is 11.6. The van der Waals surface area contributed by atoms with Crippen LogP contribution in [0.4, 0.5) is 0 Å². The molecule has 0 aliphatic heterocycles. The standard InChI is InChI=1S/C17H26O8/c1-12(10-13(2)18)16(20)23-9-7-5-6-8-15(19)25-14(3)17(21)24-11-22-4/h10,14H,5-9,11H2,1-4H3. The van der Waals surface area contributed by atoms with E-state index < -0.39 is 24.0 Å². The number of methoxy groups -OCH3 is 1. The van der Waals surface area contributed by atoms with Gasteiger partial charge in [-0.15, -0.1) is 0 Å². The first-order chi connectivity index (χ1) is 11.8. The van der Waals surface area contributed by atoms with Gasteiger partial charge in [0.15, 0.2) is 18.7 Å². The van der Waals surface area contributed by atoms with Crippen molar-refractivity contribution >= 4 is 23.7 Å². The van der Waals surface area contributed by atoms with Crippen LogP contribution in [0.25, 0.3) is 0 Å². The van der Waals surface area contributed by atoms with E-state index in [0.717, 1.165) is 0 Å². The lowest BCUT2D eigenvalue weighted by Gasteiger charge is -2.12. The van der Waals surface area contributed by atoms with Crippen molar-refractivity contribution in [3.05, 3.63) is 11.6 Å². The van der Waals surface area contributed by atoms with Crippen LogP contribution in [0.1, 0.15) is 46.5 Å². The van der Waals surface area contributed by atoms with Gasteiger partial charge in [0.1, 0.15) is 0 Å². The largest absolute Gasteiger partial charge is 0.462 e. The summed E-state index contributed by atoms with van der Waals surface area (Å²) in [5, 5.41) is 0. The zero-order chi connectivity index (χ0) is 19.2. The maximum Gasteiger partial charge on any atom is 0.349 e. The van der Waals surface area contributed by atoms with Crippen molar-refractivity contribution in [1.29, 1.82) is 0 Å². The Hall–Kier alpha value is -2.22. The third-order valence-corrected chi connectivity index (χ3v) is 2.96. The molecule has 1 atom stereocenters. The van der Waals surface area contributed by atoms with Crippen molar-refractivity contribution in [3.63, 3.8) is 0 Å². The average Bonchev–Trinajstić information content (AvgIpc) is 2.54. The topological polar surface area (TPSA) is 105 Å². The first kappa shape index (κ1) is 22.8. The SMILES string of the molecule is COCOC(=O)C(C)OC(=O)CCCCCOC(=O)C(C)=CC(C)=O. The molecule has 0 rings (SSSR count). The van der Waals surface area contributed by atoms with Crippen LogP contribution in [-0.4, -0.2) is 50.3 Å². The molecule has 8 heteroatoms. The van der Waals surface area contributed by atoms with Crippen LogP contribution in [0, 0.1) is 0 Å². The van der Waals surface area contributed by atoms with E-state index in [1.54, 1.807) is 0 Å². The van der Waals surface area contributed by atoms with Gasteiger partial charge in [-0.25, -0.2) is 9.59 Å². The summed E-state index contributed by atoms with van der Waals surface area (Å²) in [4.78, 5) is 45.3. The van der Waals surface area contributed by atoms with Crippen molar-refractivity contribution in [2.24, 2.45) is 0 Å². The Morgan fingerprint density at radius 2 is 1.68 bits per heavy atom. The summed E-state index contributed by atoms with van der Waals surface area (Å²) in [5.41, 5.74) is 0.255. The molecule has 0 heterocycles. The molecule has 1 unspecified atom stereocenters. The van der Waals surface area contributed by atoms with Crippen LogP contribution in [0.3, 0.4) is 0 Å². The van der Waals surface area contributed by atoms with E-state index in [1.807, 2.05) is 0 Å². The van der Waals surface area contributed by atoms with Crippen LogP contribution < -0.4 is 0 Å². The predicted molar refractivity (Wildman–Crippen MR) is 87.4 cm³/mol. The smallest absolute Gasteiger partial charge is 0.349 e. The van der Waals surface area contributed by atoms with Gasteiger partial charge >= 0.3 is 17.9 Å². The molecule has 142 valence electrons. The molecule has 0 saturated carbocycles. The van der Waals surface area contributed by atoms with Crippen molar-refractivity contribution in [3.8, 4) is 0 Å². The Morgan fingerprint density at radius 3 is 2.28 bits per heavy atom. The van der Waals surface area contributed by atoms with E-state index in [0.29, 0.717) is 19.3 Å². The Balaban J connectivity index is 3.81. The molecule has 0 radical (unpaired) electrons. The molecular weight excluding hydrogens is 332 g/mol. The van der Waals surface area contributed by atoms with Gasteiger partial charge in [0, 0.05) is 19.1 Å². The summed E-state index contributed by atoms with van der Waals surface area (Å²) < 4.78 is 19.2. The van der Waals surface area contributed by atoms with Crippen LogP contribution in [0.2, 0.25) is 0 Å². The molecule has 0 aromatic carbocycles. The Morgan fingerprint density at radius 1 is 1.00 bits per heavy atom. The quantitative estimate of drug-likeness (QED) is 0.171. The molecule has 8 nitrogen and oxygen atoms in total. The second-order valence-electron chi connectivity index (χ2n) is 5.39. The lowest BCUT2D eigenvalue weighted by atomic mass is 10.2. The summed E-state index contributed by atoms with van der Waals surface area (Å²) in [7, 11) is 1.38. The first-order valence-electron chi connectivity index (χ1n) is 7.99. The number of unbranched alkanes of at least 4 members (excludes halogenated alkanes) is 2. The summed E-state index contributed by atoms with van der Waals surface area (Å²) in [5.74, 6) is -1.92. The molecule has 0 spiro atoms. The van der Waals surface area contributed by atoms with E-state index in [9.17, 15) is 19.2 Å². The molecule has 0 bridgehead atoms. The van der Waals surface area contributed by atoms with Gasteiger partial charge in [0.2, 0.25) is 0 Å². The predicted octanol–water partition coefficient (Wildman–Crippen LogP) is 1.70. The summed E-state index contributed by atoms with van der Waals surface area (Å²) in [6, 6.07) is 0. The van der Waals surface area contributed by atoms with Gasteiger partial charge < -0.3 is 18.9 Å². The lowest BCUT2D eigenvalue weighted by Crippen LogP contribution is -2.26. The second-order valence-corrected chi connectivity index (χ2v) is 5.39. The highest BCUT2D eigenvalue weighted by Gasteiger charge is 2.18. The van der Waals surface area contributed by atoms with Gasteiger partial charge in [0.25, 0.3) is 0 Å². The van der Waals surface area contributed by atoms with E-state index in [2.05, 4.69) is 9.47 Å². The number of hydrogen-bond donors (Lipinski definition) is 0. The Kier molecular flexibility index (Phi) is 11.9. The lowest BCUT2D eigenvalue weighted by molar-refractivity contribution is -0.173. The Labute approximate surface area is 147 Å². The summed E-state index contributed by atoms with van der Waals surface area (Å²) >= 11 is 0. The number of carbonyl (C=O) groups is 4. The molecule has 0 aromatic rings. The average molecular weight is 358 g/mol. The van der Waals surface area contributed by atoms with Crippen molar-refractivity contribution in [2.75, 3.05) is 20.5 Å². The van der Waals surface area contributed by atoms with Gasteiger partial charge in [-0.2, -0.15) is 0 Å². The zero-order valence-electron chi connectivity index (χ0n) is 15.2. The number of carbonyl (C=O) groups excluding carboxylic acids is 4. The highest BCUT2D eigenvalue weighted by Crippen LogP contribution is 2.06. The maximum absolute atomic E-state index is 11.6. The molecule has 0 aromatic heterocycles. The fourth-order valence-corrected chi connectivity index (χ4v) is 1.73. The Bertz CT molecular complexity index is 495. The normalized spacial score (nSPS) is 12.2. The number of allylic oxidation sites excluding steroid dienone is 1. The molecule has 0 N–H and O–H groups in total. The molecule has 0 aliphatic carbocycles. The van der Waals surface area contributed by atoms with Crippen LogP contribution >= 0.6 is 0 Å². The second kappa shape index (κ2) is 13.1. The first-order valence-corrected chi connectivity index (χ1v) is 7.99. The molecule has 0 saturated heterocycles.